The molecule has 1 aliphatic rings. The fourth-order valence-corrected chi connectivity index (χ4v) is 2.47. The molecule has 18 heavy (non-hydrogen) atoms. The average molecular weight is 275 g/mol. The van der Waals surface area contributed by atoms with Crippen LogP contribution in [0.5, 0.6) is 0 Å². The van der Waals surface area contributed by atoms with E-state index in [9.17, 15) is 4.79 Å². The molecule has 1 amide bonds. The summed E-state index contributed by atoms with van der Waals surface area (Å²) in [6.45, 7) is 10.1. The van der Waals surface area contributed by atoms with Gasteiger partial charge in [-0.2, -0.15) is 0 Å². The minimum absolute atomic E-state index is 0. The predicted molar refractivity (Wildman–Crippen MR) is 79.0 cm³/mol. The van der Waals surface area contributed by atoms with E-state index in [-0.39, 0.29) is 24.4 Å². The molecule has 0 aliphatic carbocycles. The van der Waals surface area contributed by atoms with E-state index in [0.29, 0.717) is 18.3 Å². The number of amides is 1. The Morgan fingerprint density at radius 2 is 2.28 bits per heavy atom. The molecule has 3 unspecified atom stereocenters. The second-order valence-electron chi connectivity index (χ2n) is 5.28. The van der Waals surface area contributed by atoms with Crippen LogP contribution in [0.2, 0.25) is 0 Å². The standard InChI is InChI=1S/C14H26N2O.ClH/c1-4-6-12(3)16-14(17)9-11(2)13-7-5-8-15-10-13;/h4,11-13,15H,1,5-10H2,2-3H3,(H,16,17);1H. The summed E-state index contributed by atoms with van der Waals surface area (Å²) in [5, 5.41) is 6.43. The van der Waals surface area contributed by atoms with Crippen molar-refractivity contribution in [3.8, 4) is 0 Å². The summed E-state index contributed by atoms with van der Waals surface area (Å²) in [6, 6.07) is 0.205. The topological polar surface area (TPSA) is 41.1 Å². The lowest BCUT2D eigenvalue weighted by atomic mass is 9.85. The van der Waals surface area contributed by atoms with Crippen LogP contribution in [0.15, 0.2) is 12.7 Å². The van der Waals surface area contributed by atoms with E-state index in [1.165, 1.54) is 12.8 Å². The van der Waals surface area contributed by atoms with Gasteiger partial charge in [0.05, 0.1) is 0 Å². The lowest BCUT2D eigenvalue weighted by Crippen LogP contribution is -2.37. The highest BCUT2D eigenvalue weighted by atomic mass is 35.5. The molecule has 3 nitrogen and oxygen atoms in total. The Morgan fingerprint density at radius 3 is 2.83 bits per heavy atom. The first-order valence-electron chi connectivity index (χ1n) is 6.74. The highest BCUT2D eigenvalue weighted by molar-refractivity contribution is 5.85. The van der Waals surface area contributed by atoms with Crippen molar-refractivity contribution < 1.29 is 4.79 Å². The highest BCUT2D eigenvalue weighted by Crippen LogP contribution is 2.22. The minimum Gasteiger partial charge on any atom is -0.353 e. The van der Waals surface area contributed by atoms with Crippen molar-refractivity contribution in [2.24, 2.45) is 11.8 Å². The van der Waals surface area contributed by atoms with E-state index in [1.807, 2.05) is 13.0 Å². The van der Waals surface area contributed by atoms with Crippen molar-refractivity contribution >= 4 is 18.3 Å². The molecule has 3 atom stereocenters. The Hall–Kier alpha value is -0.540. The van der Waals surface area contributed by atoms with Crippen molar-refractivity contribution in [1.82, 2.24) is 10.6 Å². The fraction of sp³-hybridized carbons (Fsp3) is 0.786. The molecule has 1 heterocycles. The van der Waals surface area contributed by atoms with Gasteiger partial charge in [-0.05, 0) is 51.1 Å². The molecule has 2 N–H and O–H groups in total. The number of nitrogens with one attached hydrogen (secondary N) is 2. The summed E-state index contributed by atoms with van der Waals surface area (Å²) < 4.78 is 0. The molecule has 1 fully saturated rings. The normalized spacial score (nSPS) is 22.4. The Labute approximate surface area is 117 Å². The maximum Gasteiger partial charge on any atom is 0.220 e. The quantitative estimate of drug-likeness (QED) is 0.731. The van der Waals surface area contributed by atoms with Gasteiger partial charge in [0.25, 0.3) is 0 Å². The molecule has 0 spiro atoms. The van der Waals surface area contributed by atoms with E-state index < -0.39 is 0 Å². The largest absolute Gasteiger partial charge is 0.353 e. The Bertz CT molecular complexity index is 252. The van der Waals surface area contributed by atoms with E-state index in [0.717, 1.165) is 19.5 Å². The monoisotopic (exact) mass is 274 g/mol. The van der Waals surface area contributed by atoms with Gasteiger partial charge in [0.2, 0.25) is 5.91 Å². The molecule has 1 aliphatic heterocycles. The van der Waals surface area contributed by atoms with Crippen molar-refractivity contribution in [2.45, 2.75) is 45.6 Å². The van der Waals surface area contributed by atoms with Gasteiger partial charge in [0.1, 0.15) is 0 Å². The summed E-state index contributed by atoms with van der Waals surface area (Å²) >= 11 is 0. The first-order valence-corrected chi connectivity index (χ1v) is 6.74. The first-order chi connectivity index (χ1) is 8.13. The number of rotatable bonds is 6. The molecule has 0 saturated carbocycles. The molecule has 106 valence electrons. The molecular weight excluding hydrogens is 248 g/mol. The van der Waals surface area contributed by atoms with Crippen LogP contribution in [0.4, 0.5) is 0 Å². The SMILES string of the molecule is C=CCC(C)NC(=O)CC(C)C1CCCNC1.Cl. The van der Waals surface area contributed by atoms with Gasteiger partial charge in [-0.25, -0.2) is 0 Å². The third kappa shape index (κ3) is 6.41. The van der Waals surface area contributed by atoms with Gasteiger partial charge in [0, 0.05) is 12.5 Å². The van der Waals surface area contributed by atoms with Crippen LogP contribution in [0, 0.1) is 11.8 Å². The fourth-order valence-electron chi connectivity index (χ4n) is 2.47. The molecule has 0 aromatic rings. The number of hydrogen-bond acceptors (Lipinski definition) is 2. The number of carbonyl (C=O) groups is 1. The van der Waals surface area contributed by atoms with Gasteiger partial charge in [0.15, 0.2) is 0 Å². The second-order valence-corrected chi connectivity index (χ2v) is 5.28. The number of carbonyl (C=O) groups excluding carboxylic acids is 1. The third-order valence-electron chi connectivity index (χ3n) is 3.57. The summed E-state index contributed by atoms with van der Waals surface area (Å²) in [7, 11) is 0. The maximum absolute atomic E-state index is 11.8. The van der Waals surface area contributed by atoms with Gasteiger partial charge >= 0.3 is 0 Å². The summed E-state index contributed by atoms with van der Waals surface area (Å²) in [5.74, 6) is 1.31. The molecule has 0 aromatic carbocycles. The summed E-state index contributed by atoms with van der Waals surface area (Å²) in [4.78, 5) is 11.8. The summed E-state index contributed by atoms with van der Waals surface area (Å²) in [5.41, 5.74) is 0. The summed E-state index contributed by atoms with van der Waals surface area (Å²) in [6.07, 6.45) is 5.82. The van der Waals surface area contributed by atoms with Crippen LogP contribution < -0.4 is 10.6 Å². The van der Waals surface area contributed by atoms with E-state index in [4.69, 9.17) is 0 Å². The van der Waals surface area contributed by atoms with Crippen LogP contribution in [-0.2, 0) is 4.79 Å². The molecule has 0 radical (unpaired) electrons. The lowest BCUT2D eigenvalue weighted by Gasteiger charge is -2.28. The smallest absolute Gasteiger partial charge is 0.220 e. The van der Waals surface area contributed by atoms with Crippen LogP contribution in [0.1, 0.15) is 39.5 Å². The van der Waals surface area contributed by atoms with Gasteiger partial charge in [-0.15, -0.1) is 19.0 Å². The maximum atomic E-state index is 11.8. The number of halogens is 1. The molecule has 4 heteroatoms. The van der Waals surface area contributed by atoms with Crippen molar-refractivity contribution in [3.63, 3.8) is 0 Å². The zero-order valence-corrected chi connectivity index (χ0v) is 12.4. The predicted octanol–water partition coefficient (Wildman–Crippen LogP) is 2.51. The van der Waals surface area contributed by atoms with Crippen molar-refractivity contribution in [2.75, 3.05) is 13.1 Å². The Kier molecular flexibility index (Phi) is 9.12. The number of piperidine rings is 1. The average Bonchev–Trinajstić information content (AvgIpc) is 2.30. The lowest BCUT2D eigenvalue weighted by molar-refractivity contribution is -0.122. The second kappa shape index (κ2) is 9.40. The van der Waals surface area contributed by atoms with Gasteiger partial charge < -0.3 is 10.6 Å². The Morgan fingerprint density at radius 1 is 1.56 bits per heavy atom. The molecule has 1 rings (SSSR count). The van der Waals surface area contributed by atoms with Crippen LogP contribution in [0.25, 0.3) is 0 Å². The van der Waals surface area contributed by atoms with E-state index >= 15 is 0 Å². The van der Waals surface area contributed by atoms with Crippen LogP contribution >= 0.6 is 12.4 Å². The van der Waals surface area contributed by atoms with E-state index in [1.54, 1.807) is 0 Å². The zero-order chi connectivity index (χ0) is 12.7. The number of hydrogen-bond donors (Lipinski definition) is 2. The van der Waals surface area contributed by atoms with Crippen LogP contribution in [0.3, 0.4) is 0 Å². The molecular formula is C14H27ClN2O. The zero-order valence-electron chi connectivity index (χ0n) is 11.6. The first kappa shape index (κ1) is 17.5. The molecule has 1 saturated heterocycles. The van der Waals surface area contributed by atoms with E-state index in [2.05, 4.69) is 24.1 Å². The van der Waals surface area contributed by atoms with Crippen molar-refractivity contribution in [3.05, 3.63) is 12.7 Å². The highest BCUT2D eigenvalue weighted by Gasteiger charge is 2.22. The molecule has 0 bridgehead atoms. The minimum atomic E-state index is 0. The third-order valence-corrected chi connectivity index (χ3v) is 3.57. The Balaban J connectivity index is 0.00000289. The molecule has 0 aromatic heterocycles. The van der Waals surface area contributed by atoms with Crippen LogP contribution in [-0.4, -0.2) is 25.0 Å². The van der Waals surface area contributed by atoms with Gasteiger partial charge in [-0.3, -0.25) is 4.79 Å². The van der Waals surface area contributed by atoms with Crippen molar-refractivity contribution in [1.29, 1.82) is 0 Å². The van der Waals surface area contributed by atoms with Gasteiger partial charge in [-0.1, -0.05) is 13.0 Å².